The van der Waals surface area contributed by atoms with Crippen LogP contribution >= 0.6 is 0 Å². The lowest BCUT2D eigenvalue weighted by Crippen LogP contribution is -2.07. The molecule has 0 aliphatic heterocycles. The average Bonchev–Trinajstić information content (AvgIpc) is 1.87. The van der Waals surface area contributed by atoms with Gasteiger partial charge >= 0.3 is 6.16 Å². The second kappa shape index (κ2) is 6.01. The van der Waals surface area contributed by atoms with E-state index in [2.05, 4.69) is 18.6 Å². The van der Waals surface area contributed by atoms with Crippen molar-refractivity contribution < 1.29 is 14.3 Å². The molecule has 0 aromatic rings. The van der Waals surface area contributed by atoms with Gasteiger partial charge in [-0.1, -0.05) is 13.8 Å². The lowest BCUT2D eigenvalue weighted by molar-refractivity contribution is 0.0714. The largest absolute Gasteiger partial charge is 0.508 e. The summed E-state index contributed by atoms with van der Waals surface area (Å²) in [6.45, 7) is 7.51. The van der Waals surface area contributed by atoms with Crippen LogP contribution in [0.2, 0.25) is 0 Å². The highest BCUT2D eigenvalue weighted by Crippen LogP contribution is 1.99. The van der Waals surface area contributed by atoms with Crippen molar-refractivity contribution in [1.29, 1.82) is 0 Å². The van der Waals surface area contributed by atoms with Crippen LogP contribution in [0.5, 0.6) is 0 Å². The molecule has 1 radical (unpaired) electrons. The number of ether oxygens (including phenoxy) is 2. The summed E-state index contributed by atoms with van der Waals surface area (Å²) in [5.74, 6) is 0.549. The molecule has 0 unspecified atom stereocenters. The Labute approximate surface area is 67.7 Å². The van der Waals surface area contributed by atoms with Gasteiger partial charge in [-0.25, -0.2) is 4.79 Å². The van der Waals surface area contributed by atoms with E-state index in [1.165, 1.54) is 6.61 Å². The zero-order chi connectivity index (χ0) is 8.69. The van der Waals surface area contributed by atoms with Crippen molar-refractivity contribution in [3.63, 3.8) is 0 Å². The maximum Gasteiger partial charge on any atom is 0.508 e. The van der Waals surface area contributed by atoms with Gasteiger partial charge in [0.1, 0.15) is 6.61 Å². The van der Waals surface area contributed by atoms with Crippen molar-refractivity contribution in [2.75, 3.05) is 6.61 Å². The van der Waals surface area contributed by atoms with Crippen LogP contribution in [0.1, 0.15) is 27.2 Å². The predicted molar refractivity (Wildman–Crippen MR) is 41.9 cm³/mol. The predicted octanol–water partition coefficient (Wildman–Crippen LogP) is 2.37. The fourth-order valence-electron chi connectivity index (χ4n) is 0.508. The monoisotopic (exact) mass is 159 g/mol. The Morgan fingerprint density at radius 2 is 2.18 bits per heavy atom. The van der Waals surface area contributed by atoms with E-state index >= 15 is 0 Å². The van der Waals surface area contributed by atoms with Gasteiger partial charge in [0.05, 0.1) is 6.61 Å². The molecule has 3 heteroatoms. The standard InChI is InChI=1S/C8H15O3/c1-4-10-8(9)11-6-5-7(2)3/h4,7H,5-6H2,1-3H3. The van der Waals surface area contributed by atoms with Gasteiger partial charge in [0, 0.05) is 0 Å². The Morgan fingerprint density at radius 1 is 1.55 bits per heavy atom. The number of hydrogen-bond acceptors (Lipinski definition) is 3. The molecule has 0 saturated heterocycles. The van der Waals surface area contributed by atoms with Gasteiger partial charge in [-0.2, -0.15) is 0 Å². The molecule has 0 N–H and O–H groups in total. The fourth-order valence-corrected chi connectivity index (χ4v) is 0.508. The quantitative estimate of drug-likeness (QED) is 0.591. The zero-order valence-electron chi connectivity index (χ0n) is 7.29. The molecule has 0 aliphatic carbocycles. The summed E-state index contributed by atoms with van der Waals surface area (Å²) in [7, 11) is 0. The summed E-state index contributed by atoms with van der Waals surface area (Å²) >= 11 is 0. The minimum absolute atomic E-state index is 0.435. The van der Waals surface area contributed by atoms with Crippen LogP contribution in [-0.2, 0) is 9.47 Å². The van der Waals surface area contributed by atoms with Gasteiger partial charge in [-0.3, -0.25) is 0 Å². The summed E-state index contributed by atoms with van der Waals surface area (Å²) in [5.41, 5.74) is 0. The summed E-state index contributed by atoms with van der Waals surface area (Å²) in [5, 5.41) is 0. The third-order valence-electron chi connectivity index (χ3n) is 1.13. The minimum atomic E-state index is -0.617. The summed E-state index contributed by atoms with van der Waals surface area (Å²) in [6.07, 6.45) is 0.256. The molecule has 3 nitrogen and oxygen atoms in total. The van der Waals surface area contributed by atoms with Gasteiger partial charge in [0.15, 0.2) is 0 Å². The summed E-state index contributed by atoms with van der Waals surface area (Å²) < 4.78 is 9.14. The Bertz CT molecular complexity index is 110. The first-order valence-electron chi connectivity index (χ1n) is 3.78. The van der Waals surface area contributed by atoms with E-state index in [-0.39, 0.29) is 0 Å². The van der Waals surface area contributed by atoms with Crippen LogP contribution in [-0.4, -0.2) is 12.8 Å². The SMILES string of the molecule is C[CH]OC(=O)OCCC(C)C. The fraction of sp³-hybridized carbons (Fsp3) is 0.750. The Morgan fingerprint density at radius 3 is 2.64 bits per heavy atom. The number of rotatable bonds is 4. The van der Waals surface area contributed by atoms with Crippen molar-refractivity contribution in [3.8, 4) is 0 Å². The van der Waals surface area contributed by atoms with Gasteiger partial charge in [0.2, 0.25) is 0 Å². The van der Waals surface area contributed by atoms with E-state index in [0.29, 0.717) is 12.5 Å². The lowest BCUT2D eigenvalue weighted by Gasteiger charge is -2.05. The van der Waals surface area contributed by atoms with E-state index in [0.717, 1.165) is 6.42 Å². The van der Waals surface area contributed by atoms with E-state index in [4.69, 9.17) is 4.74 Å². The first kappa shape index (κ1) is 10.3. The van der Waals surface area contributed by atoms with Crippen molar-refractivity contribution in [2.45, 2.75) is 27.2 Å². The first-order valence-corrected chi connectivity index (χ1v) is 3.78. The topological polar surface area (TPSA) is 35.5 Å². The second-order valence-electron chi connectivity index (χ2n) is 2.63. The molecule has 0 amide bonds. The molecule has 0 bridgehead atoms. The molecule has 0 atom stereocenters. The van der Waals surface area contributed by atoms with Gasteiger partial charge in [-0.05, 0) is 19.3 Å². The third kappa shape index (κ3) is 7.16. The molecule has 0 heterocycles. The van der Waals surface area contributed by atoms with Gasteiger partial charge in [-0.15, -0.1) is 0 Å². The number of carbonyl (C=O) groups is 1. The Hall–Kier alpha value is -0.730. The van der Waals surface area contributed by atoms with Crippen LogP contribution in [0, 0.1) is 12.5 Å². The lowest BCUT2D eigenvalue weighted by atomic mass is 10.1. The second-order valence-corrected chi connectivity index (χ2v) is 2.63. The van der Waals surface area contributed by atoms with Gasteiger partial charge in [0.25, 0.3) is 0 Å². The van der Waals surface area contributed by atoms with E-state index in [1.807, 2.05) is 0 Å². The highest BCUT2D eigenvalue weighted by atomic mass is 16.7. The summed E-state index contributed by atoms with van der Waals surface area (Å²) in [4.78, 5) is 10.5. The molecular formula is C8H15O3. The van der Waals surface area contributed by atoms with Crippen molar-refractivity contribution in [3.05, 3.63) is 6.61 Å². The van der Waals surface area contributed by atoms with E-state index in [9.17, 15) is 4.79 Å². The molecule has 0 saturated carbocycles. The minimum Gasteiger partial charge on any atom is -0.434 e. The first-order chi connectivity index (χ1) is 5.16. The van der Waals surface area contributed by atoms with Crippen molar-refractivity contribution in [1.82, 2.24) is 0 Å². The Kier molecular flexibility index (Phi) is 5.61. The van der Waals surface area contributed by atoms with Crippen LogP contribution in [0.25, 0.3) is 0 Å². The summed E-state index contributed by atoms with van der Waals surface area (Å²) in [6, 6.07) is 0. The third-order valence-corrected chi connectivity index (χ3v) is 1.13. The molecular weight excluding hydrogens is 144 g/mol. The molecule has 0 spiro atoms. The zero-order valence-corrected chi connectivity index (χ0v) is 7.29. The molecule has 65 valence electrons. The van der Waals surface area contributed by atoms with Crippen molar-refractivity contribution >= 4 is 6.16 Å². The van der Waals surface area contributed by atoms with Crippen LogP contribution in [0.15, 0.2) is 0 Å². The number of hydrogen-bond donors (Lipinski definition) is 0. The highest BCUT2D eigenvalue weighted by Gasteiger charge is 2.01. The normalized spacial score (nSPS) is 9.82. The molecule has 0 aliphatic rings. The average molecular weight is 159 g/mol. The molecule has 0 rings (SSSR count). The molecule has 0 aromatic heterocycles. The number of carbonyl (C=O) groups excluding carboxylic acids is 1. The molecule has 11 heavy (non-hydrogen) atoms. The van der Waals surface area contributed by atoms with Crippen LogP contribution in [0.3, 0.4) is 0 Å². The van der Waals surface area contributed by atoms with E-state index < -0.39 is 6.16 Å². The molecule has 0 fully saturated rings. The maximum absolute atomic E-state index is 10.5. The maximum atomic E-state index is 10.5. The Balaban J connectivity index is 3.17. The smallest absolute Gasteiger partial charge is 0.434 e. The van der Waals surface area contributed by atoms with Crippen LogP contribution < -0.4 is 0 Å². The van der Waals surface area contributed by atoms with Crippen LogP contribution in [0.4, 0.5) is 4.79 Å². The van der Waals surface area contributed by atoms with E-state index in [1.54, 1.807) is 6.92 Å². The van der Waals surface area contributed by atoms with Gasteiger partial charge < -0.3 is 9.47 Å². The highest BCUT2D eigenvalue weighted by molar-refractivity contribution is 5.60. The van der Waals surface area contributed by atoms with Crippen molar-refractivity contribution in [2.24, 2.45) is 5.92 Å². The molecule has 0 aromatic carbocycles.